The second-order valence-corrected chi connectivity index (χ2v) is 27.8. The minimum atomic E-state index is -2.02. The number of carboxylic acid groups (broad SMARTS) is 1. The number of phenols is 1. The van der Waals surface area contributed by atoms with Crippen LogP contribution in [0.5, 0.6) is 5.75 Å². The van der Waals surface area contributed by atoms with Gasteiger partial charge in [-0.2, -0.15) is 23.5 Å². The lowest BCUT2D eigenvalue weighted by Gasteiger charge is -2.31. The molecule has 4 aromatic carbocycles. The van der Waals surface area contributed by atoms with Crippen LogP contribution in [-0.2, 0) is 89.9 Å². The maximum Gasteiger partial charge on any atom is 0.305 e. The van der Waals surface area contributed by atoms with Crippen molar-refractivity contribution < 1.29 is 71.7 Å². The summed E-state index contributed by atoms with van der Waals surface area (Å²) >= 11 is 2.86. The Kier molecular flexibility index (Phi) is 26.4. The second kappa shape index (κ2) is 35.4. The van der Waals surface area contributed by atoms with Gasteiger partial charge in [0.25, 0.3) is 0 Å². The minimum Gasteiger partial charge on any atom is -0.508 e. The number of thioether (sulfide) groups is 2. The molecule has 101 heavy (non-hydrogen) atoms. The predicted molar refractivity (Wildman–Crippen MR) is 374 cm³/mol. The molecule has 26 nitrogen and oxygen atoms in total. The third-order valence-electron chi connectivity index (χ3n) is 18.0. The van der Waals surface area contributed by atoms with Crippen molar-refractivity contribution in [2.45, 2.75) is 144 Å². The Morgan fingerprint density at radius 2 is 1.42 bits per heavy atom. The molecule has 9 rings (SSSR count). The van der Waals surface area contributed by atoms with E-state index in [2.05, 4.69) is 52.2 Å². The summed E-state index contributed by atoms with van der Waals surface area (Å²) in [5.74, 6) is -10.8. The first-order chi connectivity index (χ1) is 48.4. The van der Waals surface area contributed by atoms with Gasteiger partial charge in [-0.15, -0.1) is 0 Å². The lowest BCUT2D eigenvalue weighted by molar-refractivity contribution is -0.142. The van der Waals surface area contributed by atoms with E-state index in [0.717, 1.165) is 11.1 Å². The Hall–Kier alpha value is -9.94. The topological polar surface area (TPSA) is 412 Å². The number of phenolic OH excluding ortho intramolecular Hbond substituents is 1. The summed E-state index contributed by atoms with van der Waals surface area (Å²) in [7, 11) is 0. The smallest absolute Gasteiger partial charge is 0.305 e. The first-order valence-corrected chi connectivity index (χ1v) is 35.6. The summed E-state index contributed by atoms with van der Waals surface area (Å²) < 4.78 is 29.9. The van der Waals surface area contributed by atoms with E-state index in [9.17, 15) is 57.4 Å². The standard InChI is InChI=1S/C71H83F2N13O13S2/c1-71(20-2-3-21-74)70(99)78-35-62(90)80-54(27-45-33-77-53-18-15-48(73)30-52(45)53)65(94)81-55(26-44-12-11-43-13-14-47(72)29-51(43)44)66(95)83-57(32-63(91)92)68(97)82-56(31-49-34-76-39-79-49)67(96)84-58(25-40-9-16-50(87)17-10-40)69(98)86-22-5-8-59(86)60(88)28-46(64(75)93)38-101-37-42-7-4-6-41(24-42)36-100-23-19-61(89)85-71/h4,6-7,9-10,12-18,24,29-30,33-34,39,46,54-59,77,87H,2-3,5,8,11,19-23,25-28,31-32,35-38,74H2,1H3,(H2,75,93)(H,76,79)(H,78,99)(H,80,90)(H,81,94)(H,82,97)(H,83,95)(H,84,96)(H,85,89)(H,91,92)/t46-,54-,55-,56-,57-,58-,59-,71-/m0/s1. The minimum absolute atomic E-state index is 0.00615. The highest BCUT2D eigenvalue weighted by molar-refractivity contribution is 7.98. The van der Waals surface area contributed by atoms with Crippen molar-refractivity contribution in [1.82, 2.24) is 57.1 Å². The van der Waals surface area contributed by atoms with Gasteiger partial charge in [0, 0.05) is 97.1 Å². The Bertz CT molecular complexity index is 4060. The van der Waals surface area contributed by atoms with Crippen LogP contribution in [0, 0.1) is 17.6 Å². The molecule has 1 fully saturated rings. The number of halogens is 2. The van der Waals surface area contributed by atoms with Gasteiger partial charge >= 0.3 is 5.97 Å². The van der Waals surface area contributed by atoms with E-state index in [1.807, 2.05) is 24.3 Å². The number of aliphatic carboxylic acids is 1. The van der Waals surface area contributed by atoms with Gasteiger partial charge in [-0.25, -0.2) is 13.8 Å². The van der Waals surface area contributed by atoms with E-state index in [1.165, 1.54) is 115 Å². The number of benzene rings is 4. The highest BCUT2D eigenvalue weighted by Crippen LogP contribution is 2.33. The summed E-state index contributed by atoms with van der Waals surface area (Å²) in [5, 5.41) is 39.3. The van der Waals surface area contributed by atoms with Crippen LogP contribution in [0.3, 0.4) is 0 Å². The van der Waals surface area contributed by atoms with Crippen LogP contribution in [0.15, 0.2) is 110 Å². The molecule has 0 radical (unpaired) electrons. The maximum atomic E-state index is 15.1. The molecule has 8 atom stereocenters. The fourth-order valence-electron chi connectivity index (χ4n) is 12.6. The van der Waals surface area contributed by atoms with E-state index in [1.54, 1.807) is 6.08 Å². The van der Waals surface area contributed by atoms with Crippen LogP contribution in [0.2, 0.25) is 0 Å². The van der Waals surface area contributed by atoms with Crippen molar-refractivity contribution in [3.63, 3.8) is 0 Å². The third-order valence-corrected chi connectivity index (χ3v) is 20.2. The van der Waals surface area contributed by atoms with Gasteiger partial charge in [-0.05, 0) is 133 Å². The lowest BCUT2D eigenvalue weighted by Crippen LogP contribution is -2.61. The zero-order valence-electron chi connectivity index (χ0n) is 55.6. The highest BCUT2D eigenvalue weighted by Gasteiger charge is 2.41. The molecule has 2 aliphatic heterocycles. The number of H-pyrrole nitrogens is 2. The molecule has 0 saturated carbocycles. The fourth-order valence-corrected chi connectivity index (χ4v) is 14.6. The molecule has 6 aromatic rings. The number of hydrogen-bond acceptors (Lipinski definition) is 16. The average molecular weight is 1430 g/mol. The summed E-state index contributed by atoms with van der Waals surface area (Å²) in [5.41, 5.74) is 14.9. The van der Waals surface area contributed by atoms with Crippen molar-refractivity contribution in [2.75, 3.05) is 31.1 Å². The molecule has 3 aliphatic rings. The Morgan fingerprint density at radius 1 is 0.743 bits per heavy atom. The largest absolute Gasteiger partial charge is 0.508 e. The van der Waals surface area contributed by atoms with E-state index in [0.29, 0.717) is 81.8 Å². The molecule has 4 heterocycles. The van der Waals surface area contributed by atoms with E-state index in [4.69, 9.17) is 11.5 Å². The molecule has 30 heteroatoms. The van der Waals surface area contributed by atoms with Gasteiger partial charge in [0.1, 0.15) is 53.1 Å². The summed E-state index contributed by atoms with van der Waals surface area (Å²) in [4.78, 5) is 169. The predicted octanol–water partition coefficient (Wildman–Crippen LogP) is 3.57. The number of hydrogen-bond donors (Lipinski definition) is 13. The average Bonchev–Trinajstić information content (AvgIpc) is 1.79. The van der Waals surface area contributed by atoms with Gasteiger partial charge in [-0.3, -0.25) is 52.7 Å². The van der Waals surface area contributed by atoms with E-state index < -0.39 is 144 Å². The molecule has 0 unspecified atom stereocenters. The SMILES string of the molecule is C[C@@]1(CCCCN)NC(=O)CCSCc2cccc(c2)CSC[C@@H](C(N)=O)CC(=O)[C@@H]2CCCN2C(=O)[C@H](Cc2ccc(O)cc2)NC(=O)[C@H](Cc2cnc[nH]2)NC(=O)[C@H](CC(=O)O)NC(=O)[C@H](CC2=CCc3ccc(F)cc32)NC(=O)[C@H](Cc2c[nH]c3ccc(F)cc23)NC(=O)CNC1=O. The molecular formula is C71H83F2N13O13S2. The fraction of sp³-hybridized carbons (Fsp3) is 0.408. The molecule has 2 bridgehead atoms. The Morgan fingerprint density at radius 3 is 2.12 bits per heavy atom. The number of aromatic nitrogens is 3. The third kappa shape index (κ3) is 21.1. The maximum absolute atomic E-state index is 15.1. The number of ketones is 1. The molecule has 1 saturated heterocycles. The molecule has 1 aliphatic carbocycles. The second-order valence-electron chi connectivity index (χ2n) is 25.7. The number of primary amides is 1. The molecule has 9 amide bonds. The van der Waals surface area contributed by atoms with Crippen LogP contribution >= 0.6 is 23.5 Å². The molecule has 15 N–H and O–H groups in total. The van der Waals surface area contributed by atoms with Crippen molar-refractivity contribution in [3.05, 3.63) is 160 Å². The number of rotatable bonds is 15. The van der Waals surface area contributed by atoms with Crippen LogP contribution in [0.25, 0.3) is 16.5 Å². The number of nitrogens with one attached hydrogen (secondary N) is 9. The monoisotopic (exact) mass is 1430 g/mol. The highest BCUT2D eigenvalue weighted by atomic mass is 32.2. The molecule has 0 spiro atoms. The van der Waals surface area contributed by atoms with Crippen LogP contribution in [-0.4, -0.2) is 168 Å². The zero-order valence-corrected chi connectivity index (χ0v) is 57.2. The molecule has 2 aromatic heterocycles. The number of fused-ring (bicyclic) bond motifs is 5. The number of nitrogens with zero attached hydrogens (tertiary/aromatic N) is 2. The van der Waals surface area contributed by atoms with Crippen LogP contribution < -0.4 is 48.7 Å². The molecular weight excluding hydrogens is 1340 g/mol. The normalized spacial score (nSPS) is 23.2. The summed E-state index contributed by atoms with van der Waals surface area (Å²) in [6.07, 6.45) is 4.96. The van der Waals surface area contributed by atoms with Crippen LogP contribution in [0.4, 0.5) is 8.78 Å². The first-order valence-electron chi connectivity index (χ1n) is 33.3. The number of carboxylic acids is 1. The van der Waals surface area contributed by atoms with E-state index >= 15 is 14.4 Å². The van der Waals surface area contributed by atoms with Gasteiger partial charge in [0.05, 0.1) is 31.3 Å². The zero-order chi connectivity index (χ0) is 72.3. The first kappa shape index (κ1) is 75.3. The van der Waals surface area contributed by atoms with Gasteiger partial charge in [0.2, 0.25) is 53.2 Å². The number of carbonyl (C=O) groups is 11. The summed E-state index contributed by atoms with van der Waals surface area (Å²) in [6, 6.07) is 11.8. The number of aromatic hydroxyl groups is 1. The quantitative estimate of drug-likeness (QED) is 0.0654. The number of aromatic amines is 2. The number of imidazole rings is 1. The Balaban J connectivity index is 1.05. The number of carbonyl (C=O) groups excluding carboxylic acids is 10. The van der Waals surface area contributed by atoms with Gasteiger partial charge in [-0.1, -0.05) is 48.5 Å². The number of allylic oxidation sites excluding steroid dienone is 1. The Labute approximate surface area is 589 Å². The van der Waals surface area contributed by atoms with Crippen LogP contribution in [0.1, 0.15) is 104 Å². The van der Waals surface area contributed by atoms with Crippen molar-refractivity contribution in [1.29, 1.82) is 0 Å². The van der Waals surface area contributed by atoms with E-state index in [-0.39, 0.29) is 75.1 Å². The lowest BCUT2D eigenvalue weighted by atomic mass is 9.93. The number of Topliss-reactive ketones (excluding diaryl/α,β-unsaturated/α-hetero) is 1. The number of nitrogens with two attached hydrogens (primary N) is 2. The summed E-state index contributed by atoms with van der Waals surface area (Å²) in [6.45, 7) is 1.14. The van der Waals surface area contributed by atoms with Crippen molar-refractivity contribution in [2.24, 2.45) is 17.4 Å². The number of amides is 9. The number of unbranched alkanes of at least 4 members (excludes halogenated alkanes) is 1. The van der Waals surface area contributed by atoms with Crippen molar-refractivity contribution >= 4 is 105 Å². The van der Waals surface area contributed by atoms with Crippen molar-refractivity contribution in [3.8, 4) is 5.75 Å². The molecule has 536 valence electrons. The van der Waals surface area contributed by atoms with Gasteiger partial charge in [0.15, 0.2) is 5.78 Å². The van der Waals surface area contributed by atoms with Gasteiger partial charge < -0.3 is 73.8 Å².